The Bertz CT molecular complexity index is 520. The first-order valence-electron chi connectivity index (χ1n) is 5.79. The molecule has 1 aliphatic heterocycles. The normalized spacial score (nSPS) is 18.6. The van der Waals surface area contributed by atoms with Crippen LogP contribution >= 0.6 is 15.9 Å². The van der Waals surface area contributed by atoms with E-state index in [2.05, 4.69) is 15.9 Å². The molecular formula is C12H13BrN2O4. The predicted molar refractivity (Wildman–Crippen MR) is 72.1 cm³/mol. The molecule has 1 aromatic carbocycles. The van der Waals surface area contributed by atoms with Crippen LogP contribution in [-0.2, 0) is 4.74 Å². The number of carbonyl (C=O) groups is 1. The second kappa shape index (κ2) is 5.66. The van der Waals surface area contributed by atoms with Gasteiger partial charge in [0.15, 0.2) is 0 Å². The van der Waals surface area contributed by atoms with E-state index in [-0.39, 0.29) is 22.2 Å². The Hall–Kier alpha value is -1.47. The van der Waals surface area contributed by atoms with Crippen molar-refractivity contribution in [2.75, 3.05) is 20.2 Å². The van der Waals surface area contributed by atoms with Crippen molar-refractivity contribution in [2.45, 2.75) is 12.5 Å². The minimum absolute atomic E-state index is 0.0430. The van der Waals surface area contributed by atoms with Crippen molar-refractivity contribution in [3.63, 3.8) is 0 Å². The van der Waals surface area contributed by atoms with Crippen LogP contribution in [0.25, 0.3) is 0 Å². The standard InChI is InChI=1S/C12H13BrN2O4/c1-19-8-5-6-14(7-8)12(16)9-3-2-4-10(11(9)13)15(17)18/h2-4,8H,5-7H2,1H3. The van der Waals surface area contributed by atoms with E-state index in [9.17, 15) is 14.9 Å². The van der Waals surface area contributed by atoms with Gasteiger partial charge in [0.1, 0.15) is 4.47 Å². The van der Waals surface area contributed by atoms with E-state index in [1.165, 1.54) is 12.1 Å². The van der Waals surface area contributed by atoms with E-state index in [1.54, 1.807) is 18.1 Å². The molecule has 0 aliphatic carbocycles. The molecule has 1 amide bonds. The van der Waals surface area contributed by atoms with Crippen molar-refractivity contribution in [1.29, 1.82) is 0 Å². The quantitative estimate of drug-likeness (QED) is 0.630. The Balaban J connectivity index is 2.25. The summed E-state index contributed by atoms with van der Waals surface area (Å²) in [6.45, 7) is 1.12. The van der Waals surface area contributed by atoms with E-state index in [0.29, 0.717) is 18.7 Å². The lowest BCUT2D eigenvalue weighted by Gasteiger charge is -2.16. The van der Waals surface area contributed by atoms with Gasteiger partial charge in [-0.05, 0) is 28.4 Å². The number of amides is 1. The average molecular weight is 329 g/mol. The summed E-state index contributed by atoms with van der Waals surface area (Å²) in [5.74, 6) is -0.213. The van der Waals surface area contributed by atoms with Gasteiger partial charge in [-0.1, -0.05) is 6.07 Å². The molecule has 102 valence electrons. The maximum atomic E-state index is 12.3. The Morgan fingerprint density at radius 3 is 2.89 bits per heavy atom. The number of likely N-dealkylation sites (tertiary alicyclic amines) is 1. The zero-order chi connectivity index (χ0) is 14.0. The lowest BCUT2D eigenvalue weighted by atomic mass is 10.2. The molecule has 0 bridgehead atoms. The molecule has 1 aliphatic rings. The first-order chi connectivity index (χ1) is 9.04. The minimum Gasteiger partial charge on any atom is -0.380 e. The van der Waals surface area contributed by atoms with Crippen molar-refractivity contribution in [3.8, 4) is 0 Å². The first-order valence-corrected chi connectivity index (χ1v) is 6.59. The van der Waals surface area contributed by atoms with Crippen molar-refractivity contribution < 1.29 is 14.5 Å². The lowest BCUT2D eigenvalue weighted by molar-refractivity contribution is -0.385. The van der Waals surface area contributed by atoms with Crippen LogP contribution < -0.4 is 0 Å². The van der Waals surface area contributed by atoms with Crippen molar-refractivity contribution in [2.24, 2.45) is 0 Å². The van der Waals surface area contributed by atoms with Gasteiger partial charge in [0, 0.05) is 26.3 Å². The molecule has 7 heteroatoms. The van der Waals surface area contributed by atoms with Crippen LogP contribution in [0.4, 0.5) is 5.69 Å². The van der Waals surface area contributed by atoms with Gasteiger partial charge in [0.05, 0.1) is 16.6 Å². The number of ether oxygens (including phenoxy) is 1. The van der Waals surface area contributed by atoms with Crippen molar-refractivity contribution >= 4 is 27.5 Å². The van der Waals surface area contributed by atoms with Crippen molar-refractivity contribution in [3.05, 3.63) is 38.3 Å². The van der Waals surface area contributed by atoms with Gasteiger partial charge >= 0.3 is 0 Å². The zero-order valence-electron chi connectivity index (χ0n) is 10.3. The fraction of sp³-hybridized carbons (Fsp3) is 0.417. The molecule has 1 saturated heterocycles. The topological polar surface area (TPSA) is 72.7 Å². The predicted octanol–water partition coefficient (Wildman–Crippen LogP) is 2.22. The summed E-state index contributed by atoms with van der Waals surface area (Å²) < 4.78 is 5.43. The third-order valence-electron chi connectivity index (χ3n) is 3.17. The summed E-state index contributed by atoms with van der Waals surface area (Å²) in [4.78, 5) is 24.3. The Labute approximate surface area is 118 Å². The lowest BCUT2D eigenvalue weighted by Crippen LogP contribution is -2.30. The largest absolute Gasteiger partial charge is 0.380 e. The minimum atomic E-state index is -0.511. The molecule has 6 nitrogen and oxygen atoms in total. The zero-order valence-corrected chi connectivity index (χ0v) is 11.9. The molecule has 1 aromatic rings. The average Bonchev–Trinajstić information content (AvgIpc) is 2.86. The molecule has 2 rings (SSSR count). The van der Waals surface area contributed by atoms with Gasteiger partial charge in [-0.3, -0.25) is 14.9 Å². The highest BCUT2D eigenvalue weighted by Crippen LogP contribution is 2.29. The molecule has 0 aromatic heterocycles. The van der Waals surface area contributed by atoms with Gasteiger partial charge in [0.25, 0.3) is 11.6 Å². The third kappa shape index (κ3) is 2.76. The molecule has 1 atom stereocenters. The molecular weight excluding hydrogens is 316 g/mol. The van der Waals surface area contributed by atoms with Crippen LogP contribution in [0.2, 0.25) is 0 Å². The summed E-state index contributed by atoms with van der Waals surface area (Å²) in [6, 6.07) is 4.46. The molecule has 1 fully saturated rings. The van der Waals surface area contributed by atoms with Gasteiger partial charge in [-0.25, -0.2) is 0 Å². The summed E-state index contributed by atoms with van der Waals surface area (Å²) >= 11 is 3.14. The second-order valence-electron chi connectivity index (χ2n) is 4.29. The Kier molecular flexibility index (Phi) is 4.16. The first kappa shape index (κ1) is 14.0. The monoisotopic (exact) mass is 328 g/mol. The summed E-state index contributed by atoms with van der Waals surface area (Å²) in [6.07, 6.45) is 0.829. The maximum Gasteiger partial charge on any atom is 0.284 e. The van der Waals surface area contributed by atoms with Gasteiger partial charge in [0.2, 0.25) is 0 Å². The van der Waals surface area contributed by atoms with Crippen molar-refractivity contribution in [1.82, 2.24) is 4.90 Å². The molecule has 19 heavy (non-hydrogen) atoms. The van der Waals surface area contributed by atoms with Crippen LogP contribution in [0.1, 0.15) is 16.8 Å². The Morgan fingerprint density at radius 1 is 1.58 bits per heavy atom. The Morgan fingerprint density at radius 2 is 2.32 bits per heavy atom. The van der Waals surface area contributed by atoms with Crippen LogP contribution in [-0.4, -0.2) is 42.0 Å². The number of nitro benzene ring substituents is 1. The van der Waals surface area contributed by atoms with Crippen LogP contribution in [0.3, 0.4) is 0 Å². The summed E-state index contributed by atoms with van der Waals surface area (Å²) in [7, 11) is 1.61. The van der Waals surface area contributed by atoms with Gasteiger partial charge < -0.3 is 9.64 Å². The highest BCUT2D eigenvalue weighted by atomic mass is 79.9. The van der Waals surface area contributed by atoms with Crippen LogP contribution in [0.15, 0.2) is 22.7 Å². The van der Waals surface area contributed by atoms with E-state index in [0.717, 1.165) is 6.42 Å². The number of hydrogen-bond donors (Lipinski definition) is 0. The number of methoxy groups -OCH3 is 1. The number of benzene rings is 1. The van der Waals surface area contributed by atoms with Crippen LogP contribution in [0, 0.1) is 10.1 Å². The fourth-order valence-corrected chi connectivity index (χ4v) is 2.68. The molecule has 0 N–H and O–H groups in total. The van der Waals surface area contributed by atoms with Crippen LogP contribution in [0.5, 0.6) is 0 Å². The van der Waals surface area contributed by atoms with E-state index in [1.807, 2.05) is 0 Å². The molecule has 1 unspecified atom stereocenters. The number of nitro groups is 1. The molecule has 0 radical (unpaired) electrons. The number of nitrogens with zero attached hydrogens (tertiary/aromatic N) is 2. The number of halogens is 1. The summed E-state index contributed by atoms with van der Waals surface area (Å²) in [5.41, 5.74) is 0.208. The SMILES string of the molecule is COC1CCN(C(=O)c2cccc([N+](=O)[O-])c2Br)C1. The smallest absolute Gasteiger partial charge is 0.284 e. The number of rotatable bonds is 3. The van der Waals surface area contributed by atoms with E-state index in [4.69, 9.17) is 4.74 Å². The molecule has 1 heterocycles. The second-order valence-corrected chi connectivity index (χ2v) is 5.09. The molecule has 0 spiro atoms. The highest BCUT2D eigenvalue weighted by Gasteiger charge is 2.29. The summed E-state index contributed by atoms with van der Waals surface area (Å²) in [5, 5.41) is 10.8. The molecule has 0 saturated carbocycles. The third-order valence-corrected chi connectivity index (χ3v) is 4.00. The van der Waals surface area contributed by atoms with E-state index >= 15 is 0 Å². The number of hydrogen-bond acceptors (Lipinski definition) is 4. The van der Waals surface area contributed by atoms with Gasteiger partial charge in [-0.15, -0.1) is 0 Å². The fourth-order valence-electron chi connectivity index (χ4n) is 2.10. The van der Waals surface area contributed by atoms with Gasteiger partial charge in [-0.2, -0.15) is 0 Å². The number of carbonyl (C=O) groups excluding carboxylic acids is 1. The maximum absolute atomic E-state index is 12.3. The highest BCUT2D eigenvalue weighted by molar-refractivity contribution is 9.10. The van der Waals surface area contributed by atoms with E-state index < -0.39 is 4.92 Å².